The molecule has 0 saturated heterocycles. The topological polar surface area (TPSA) is 23.8 Å². The first-order valence-corrected chi connectivity index (χ1v) is 4.34. The average Bonchev–Trinajstić information content (AvgIpc) is 2.09. The molecule has 1 nitrogen and oxygen atoms in total. The lowest BCUT2D eigenvalue weighted by Crippen LogP contribution is -1.91. The van der Waals surface area contributed by atoms with Crippen LogP contribution < -0.4 is 0 Å². The summed E-state index contributed by atoms with van der Waals surface area (Å²) in [6.45, 7) is 1.68. The van der Waals surface area contributed by atoms with Gasteiger partial charge in [-0.05, 0) is 24.6 Å². The van der Waals surface area contributed by atoms with Gasteiger partial charge in [0.05, 0.1) is 11.6 Å². The third-order valence-corrected chi connectivity index (χ3v) is 2.73. The molecule has 13 heavy (non-hydrogen) atoms. The number of aryl methyl sites for hydroxylation is 1. The van der Waals surface area contributed by atoms with Gasteiger partial charge in [-0.25, -0.2) is 8.78 Å². The molecule has 0 atom stereocenters. The molecule has 1 rings (SSSR count). The second-order valence-corrected chi connectivity index (χ2v) is 3.40. The molecule has 0 spiro atoms. The van der Waals surface area contributed by atoms with E-state index >= 15 is 0 Å². The second-order valence-electron chi connectivity index (χ2n) is 2.61. The largest absolute Gasteiger partial charge is 0.264 e. The van der Waals surface area contributed by atoms with Crippen LogP contribution >= 0.6 is 15.9 Å². The first-order valence-electron chi connectivity index (χ1n) is 3.54. The van der Waals surface area contributed by atoms with Crippen molar-refractivity contribution in [3.63, 3.8) is 0 Å². The number of benzene rings is 1. The van der Waals surface area contributed by atoms with Crippen molar-refractivity contribution in [1.82, 2.24) is 0 Å². The van der Waals surface area contributed by atoms with Gasteiger partial charge in [0, 0.05) is 10.0 Å². The van der Waals surface area contributed by atoms with E-state index in [1.165, 1.54) is 6.07 Å². The summed E-state index contributed by atoms with van der Waals surface area (Å²) in [5.74, 6) is 0. The number of nitriles is 1. The van der Waals surface area contributed by atoms with E-state index in [0.717, 1.165) is 0 Å². The van der Waals surface area contributed by atoms with Crippen LogP contribution in [0, 0.1) is 18.3 Å². The Hall–Kier alpha value is -0.950. The summed E-state index contributed by atoms with van der Waals surface area (Å²) in [6, 6.07) is 4.60. The molecule has 0 unspecified atom stereocenters. The molecule has 0 aliphatic carbocycles. The van der Waals surface area contributed by atoms with Gasteiger partial charge in [-0.2, -0.15) is 5.26 Å². The molecule has 4 heteroatoms. The Balaban J connectivity index is 3.35. The molecule has 0 aliphatic rings. The zero-order chi connectivity index (χ0) is 10.0. The van der Waals surface area contributed by atoms with Crippen LogP contribution in [0.4, 0.5) is 8.78 Å². The van der Waals surface area contributed by atoms with Crippen LogP contribution in [0.25, 0.3) is 0 Å². The molecular weight excluding hydrogens is 240 g/mol. The summed E-state index contributed by atoms with van der Waals surface area (Å²) >= 11 is 3.05. The number of hydrogen-bond donors (Lipinski definition) is 0. The van der Waals surface area contributed by atoms with E-state index in [2.05, 4.69) is 15.9 Å². The van der Waals surface area contributed by atoms with Gasteiger partial charge in [0.15, 0.2) is 0 Å². The standard InChI is InChI=1S/C9H6BrF2N/c1-5-2-6(4-13)3-7(8(5)10)9(11)12/h2-3,9H,1H3. The van der Waals surface area contributed by atoms with Crippen LogP contribution in [0.5, 0.6) is 0 Å². The molecule has 0 aromatic heterocycles. The molecule has 0 amide bonds. The van der Waals surface area contributed by atoms with Gasteiger partial charge in [0.2, 0.25) is 0 Å². The van der Waals surface area contributed by atoms with Gasteiger partial charge < -0.3 is 0 Å². The third-order valence-electron chi connectivity index (χ3n) is 1.65. The summed E-state index contributed by atoms with van der Waals surface area (Å²) in [5.41, 5.74) is 0.780. The minimum absolute atomic E-state index is 0.128. The molecule has 0 N–H and O–H groups in total. The van der Waals surface area contributed by atoms with Crippen molar-refractivity contribution in [3.8, 4) is 6.07 Å². The minimum Gasteiger partial charge on any atom is -0.205 e. The van der Waals surface area contributed by atoms with Crippen LogP contribution in [0.2, 0.25) is 0 Å². The predicted octanol–water partition coefficient (Wildman–Crippen LogP) is 3.57. The highest BCUT2D eigenvalue weighted by Crippen LogP contribution is 2.30. The molecule has 0 fully saturated rings. The van der Waals surface area contributed by atoms with E-state index in [1.54, 1.807) is 13.0 Å². The van der Waals surface area contributed by atoms with Crippen LogP contribution in [0.15, 0.2) is 16.6 Å². The van der Waals surface area contributed by atoms with E-state index in [9.17, 15) is 8.78 Å². The van der Waals surface area contributed by atoms with E-state index < -0.39 is 6.43 Å². The van der Waals surface area contributed by atoms with Gasteiger partial charge in [0.1, 0.15) is 0 Å². The molecule has 68 valence electrons. The Bertz CT molecular complexity index is 369. The fourth-order valence-corrected chi connectivity index (χ4v) is 1.42. The first kappa shape index (κ1) is 10.1. The summed E-state index contributed by atoms with van der Waals surface area (Å²) in [5, 5.41) is 8.55. The number of nitrogens with zero attached hydrogens (tertiary/aromatic N) is 1. The maximum Gasteiger partial charge on any atom is 0.264 e. The Morgan fingerprint density at radius 3 is 2.54 bits per heavy atom. The van der Waals surface area contributed by atoms with Crippen molar-refractivity contribution in [2.45, 2.75) is 13.3 Å². The fourth-order valence-electron chi connectivity index (χ4n) is 1.02. The molecule has 0 aliphatic heterocycles. The number of hydrogen-bond acceptors (Lipinski definition) is 1. The molecular formula is C9H6BrF2N. The van der Waals surface area contributed by atoms with Crippen molar-refractivity contribution in [1.29, 1.82) is 5.26 Å². The Kier molecular flexibility index (Phi) is 2.99. The predicted molar refractivity (Wildman–Crippen MR) is 48.6 cm³/mol. The van der Waals surface area contributed by atoms with Crippen molar-refractivity contribution >= 4 is 15.9 Å². The second kappa shape index (κ2) is 3.84. The van der Waals surface area contributed by atoms with Crippen LogP contribution in [-0.4, -0.2) is 0 Å². The normalized spacial score (nSPS) is 10.2. The lowest BCUT2D eigenvalue weighted by atomic mass is 10.1. The van der Waals surface area contributed by atoms with E-state index in [1.807, 2.05) is 6.07 Å². The van der Waals surface area contributed by atoms with Gasteiger partial charge in [0.25, 0.3) is 6.43 Å². The Morgan fingerprint density at radius 1 is 1.46 bits per heavy atom. The van der Waals surface area contributed by atoms with Gasteiger partial charge in [-0.3, -0.25) is 0 Å². The highest BCUT2D eigenvalue weighted by molar-refractivity contribution is 9.10. The van der Waals surface area contributed by atoms with E-state index in [0.29, 0.717) is 10.0 Å². The van der Waals surface area contributed by atoms with Crippen LogP contribution in [0.1, 0.15) is 23.1 Å². The highest BCUT2D eigenvalue weighted by atomic mass is 79.9. The lowest BCUT2D eigenvalue weighted by molar-refractivity contribution is 0.150. The average molecular weight is 246 g/mol. The molecule has 1 aromatic rings. The van der Waals surface area contributed by atoms with Gasteiger partial charge in [-0.1, -0.05) is 15.9 Å². The molecule has 0 radical (unpaired) electrons. The van der Waals surface area contributed by atoms with Crippen molar-refractivity contribution in [2.24, 2.45) is 0 Å². The smallest absolute Gasteiger partial charge is 0.205 e. The highest BCUT2D eigenvalue weighted by Gasteiger charge is 2.14. The summed E-state index contributed by atoms with van der Waals surface area (Å²) < 4.78 is 25.1. The monoisotopic (exact) mass is 245 g/mol. The minimum atomic E-state index is -2.55. The maximum atomic E-state index is 12.4. The molecule has 0 saturated carbocycles. The fraction of sp³-hybridized carbons (Fsp3) is 0.222. The third kappa shape index (κ3) is 2.04. The molecule has 0 heterocycles. The van der Waals surface area contributed by atoms with Crippen molar-refractivity contribution < 1.29 is 8.78 Å². The van der Waals surface area contributed by atoms with Crippen LogP contribution in [0.3, 0.4) is 0 Å². The number of alkyl halides is 2. The van der Waals surface area contributed by atoms with Crippen molar-refractivity contribution in [3.05, 3.63) is 33.3 Å². The van der Waals surface area contributed by atoms with Gasteiger partial charge in [-0.15, -0.1) is 0 Å². The summed E-state index contributed by atoms with van der Waals surface area (Å²) in [6.07, 6.45) is -2.55. The number of halogens is 3. The molecule has 0 bridgehead atoms. The quantitative estimate of drug-likeness (QED) is 0.743. The Labute approximate surface area is 83.1 Å². The first-order chi connectivity index (χ1) is 6.06. The SMILES string of the molecule is Cc1cc(C#N)cc(C(F)F)c1Br. The maximum absolute atomic E-state index is 12.4. The lowest BCUT2D eigenvalue weighted by Gasteiger charge is -2.06. The van der Waals surface area contributed by atoms with Crippen LogP contribution in [-0.2, 0) is 0 Å². The zero-order valence-corrected chi connectivity index (χ0v) is 8.40. The summed E-state index contributed by atoms with van der Waals surface area (Å²) in [7, 11) is 0. The summed E-state index contributed by atoms with van der Waals surface area (Å²) in [4.78, 5) is 0. The Morgan fingerprint density at radius 2 is 2.08 bits per heavy atom. The number of rotatable bonds is 1. The molecule has 1 aromatic carbocycles. The van der Waals surface area contributed by atoms with Crippen molar-refractivity contribution in [2.75, 3.05) is 0 Å². The van der Waals surface area contributed by atoms with E-state index in [4.69, 9.17) is 5.26 Å². The van der Waals surface area contributed by atoms with E-state index in [-0.39, 0.29) is 11.1 Å². The zero-order valence-electron chi connectivity index (χ0n) is 6.81. The van der Waals surface area contributed by atoms with Gasteiger partial charge >= 0.3 is 0 Å².